The maximum Gasteiger partial charge on any atom is 0.258 e. The normalized spacial score (nSPS) is 10.2. The van der Waals surface area contributed by atoms with Gasteiger partial charge in [0.05, 0.1) is 5.02 Å². The van der Waals surface area contributed by atoms with Gasteiger partial charge in [-0.3, -0.25) is 14.4 Å². The number of rotatable bonds is 6. The SMILES string of the molecule is NC(=O)C(NC(=O)COc1ccc(F)cc1Cl)C(N)=O. The van der Waals surface area contributed by atoms with Crippen molar-refractivity contribution in [1.82, 2.24) is 5.32 Å². The number of hydrogen-bond donors (Lipinski definition) is 3. The Morgan fingerprint density at radius 3 is 2.40 bits per heavy atom. The van der Waals surface area contributed by atoms with Crippen LogP contribution in [-0.2, 0) is 14.4 Å². The van der Waals surface area contributed by atoms with Crippen LogP contribution in [0.3, 0.4) is 0 Å². The molecule has 0 saturated carbocycles. The highest BCUT2D eigenvalue weighted by Gasteiger charge is 2.23. The molecule has 0 spiro atoms. The zero-order chi connectivity index (χ0) is 15.3. The average Bonchev–Trinajstić information content (AvgIpc) is 2.34. The summed E-state index contributed by atoms with van der Waals surface area (Å²) in [5, 5.41) is 1.96. The fraction of sp³-hybridized carbons (Fsp3) is 0.182. The summed E-state index contributed by atoms with van der Waals surface area (Å²) >= 11 is 5.67. The lowest BCUT2D eigenvalue weighted by molar-refractivity contribution is -0.134. The third-order valence-electron chi connectivity index (χ3n) is 2.13. The van der Waals surface area contributed by atoms with Gasteiger partial charge >= 0.3 is 0 Å². The van der Waals surface area contributed by atoms with Crippen LogP contribution in [0.4, 0.5) is 4.39 Å². The number of amides is 3. The van der Waals surface area contributed by atoms with E-state index < -0.39 is 36.2 Å². The molecule has 108 valence electrons. The first-order chi connectivity index (χ1) is 9.31. The second kappa shape index (κ2) is 6.71. The lowest BCUT2D eigenvalue weighted by Crippen LogP contribution is -2.53. The van der Waals surface area contributed by atoms with E-state index in [9.17, 15) is 18.8 Å². The molecule has 0 aromatic heterocycles. The summed E-state index contributed by atoms with van der Waals surface area (Å²) < 4.78 is 17.8. The molecule has 0 atom stereocenters. The predicted molar refractivity (Wildman–Crippen MR) is 67.2 cm³/mol. The summed E-state index contributed by atoms with van der Waals surface area (Å²) in [6.45, 7) is -0.553. The number of ether oxygens (including phenoxy) is 1. The molecule has 0 saturated heterocycles. The summed E-state index contributed by atoms with van der Waals surface area (Å²) in [5.74, 6) is -3.49. The standard InChI is InChI=1S/C11H11ClFN3O4/c12-6-3-5(13)1-2-7(6)20-4-8(17)16-9(10(14)18)11(15)19/h1-3,9H,4H2,(H2,14,18)(H2,15,19)(H,16,17). The van der Waals surface area contributed by atoms with Gasteiger partial charge in [-0.1, -0.05) is 11.6 Å². The molecule has 9 heteroatoms. The van der Waals surface area contributed by atoms with Crippen molar-refractivity contribution in [2.75, 3.05) is 6.61 Å². The van der Waals surface area contributed by atoms with Crippen LogP contribution in [0.25, 0.3) is 0 Å². The summed E-state index contributed by atoms with van der Waals surface area (Å²) in [5.41, 5.74) is 9.75. The maximum absolute atomic E-state index is 12.8. The largest absolute Gasteiger partial charge is 0.482 e. The highest BCUT2D eigenvalue weighted by molar-refractivity contribution is 6.32. The molecule has 0 heterocycles. The minimum Gasteiger partial charge on any atom is -0.482 e. The van der Waals surface area contributed by atoms with E-state index in [2.05, 4.69) is 0 Å². The molecular formula is C11H11ClFN3O4. The molecule has 0 aliphatic carbocycles. The fourth-order valence-corrected chi connectivity index (χ4v) is 1.44. The fourth-order valence-electron chi connectivity index (χ4n) is 1.22. The number of primary amides is 2. The van der Waals surface area contributed by atoms with Crippen molar-refractivity contribution >= 4 is 29.3 Å². The van der Waals surface area contributed by atoms with Gasteiger partial charge in [-0.05, 0) is 18.2 Å². The minimum absolute atomic E-state index is 0.0286. The van der Waals surface area contributed by atoms with Crippen LogP contribution < -0.4 is 21.5 Å². The van der Waals surface area contributed by atoms with E-state index in [1.165, 1.54) is 6.07 Å². The molecule has 1 aromatic carbocycles. The van der Waals surface area contributed by atoms with Gasteiger partial charge in [0.1, 0.15) is 11.6 Å². The van der Waals surface area contributed by atoms with Crippen molar-refractivity contribution in [3.05, 3.63) is 29.0 Å². The molecule has 7 nitrogen and oxygen atoms in total. The maximum atomic E-state index is 12.8. The van der Waals surface area contributed by atoms with Crippen molar-refractivity contribution in [2.24, 2.45) is 11.5 Å². The van der Waals surface area contributed by atoms with Crippen LogP contribution in [0.15, 0.2) is 18.2 Å². The van der Waals surface area contributed by atoms with Gasteiger partial charge in [0.2, 0.25) is 11.8 Å². The Kier molecular flexibility index (Phi) is 5.27. The molecule has 0 bridgehead atoms. The van der Waals surface area contributed by atoms with E-state index in [1.807, 2.05) is 5.32 Å². The van der Waals surface area contributed by atoms with E-state index in [-0.39, 0.29) is 10.8 Å². The molecular weight excluding hydrogens is 293 g/mol. The van der Waals surface area contributed by atoms with Crippen molar-refractivity contribution in [2.45, 2.75) is 6.04 Å². The molecule has 0 aliphatic heterocycles. The first kappa shape index (κ1) is 15.7. The Hall–Kier alpha value is -2.35. The van der Waals surface area contributed by atoms with E-state index >= 15 is 0 Å². The Morgan fingerprint density at radius 2 is 1.90 bits per heavy atom. The average molecular weight is 304 g/mol. The van der Waals surface area contributed by atoms with Crippen LogP contribution in [0.5, 0.6) is 5.75 Å². The summed E-state index contributed by atoms with van der Waals surface area (Å²) in [7, 11) is 0. The van der Waals surface area contributed by atoms with Gasteiger partial charge in [-0.15, -0.1) is 0 Å². The number of carbonyl (C=O) groups excluding carboxylic acids is 3. The summed E-state index contributed by atoms with van der Waals surface area (Å²) in [6, 6.07) is 1.69. The lowest BCUT2D eigenvalue weighted by atomic mass is 10.2. The van der Waals surface area contributed by atoms with Crippen LogP contribution in [-0.4, -0.2) is 30.4 Å². The van der Waals surface area contributed by atoms with E-state index in [0.29, 0.717) is 0 Å². The Labute approximate surface area is 118 Å². The third-order valence-corrected chi connectivity index (χ3v) is 2.42. The van der Waals surface area contributed by atoms with Crippen LogP contribution in [0.1, 0.15) is 0 Å². The van der Waals surface area contributed by atoms with Gasteiger partial charge < -0.3 is 21.5 Å². The van der Waals surface area contributed by atoms with Crippen molar-refractivity contribution in [1.29, 1.82) is 0 Å². The quantitative estimate of drug-likeness (QED) is 0.602. The topological polar surface area (TPSA) is 125 Å². The van der Waals surface area contributed by atoms with Crippen LogP contribution in [0, 0.1) is 5.82 Å². The van der Waals surface area contributed by atoms with Gasteiger partial charge in [0.15, 0.2) is 12.6 Å². The lowest BCUT2D eigenvalue weighted by Gasteiger charge is -2.12. The number of benzene rings is 1. The predicted octanol–water partition coefficient (Wildman–Crippen LogP) is -0.687. The molecule has 0 fully saturated rings. The van der Waals surface area contributed by atoms with Crippen molar-refractivity contribution in [3.63, 3.8) is 0 Å². The Bertz CT molecular complexity index is 538. The number of nitrogens with one attached hydrogen (secondary N) is 1. The third kappa shape index (κ3) is 4.39. The zero-order valence-electron chi connectivity index (χ0n) is 10.1. The molecule has 0 radical (unpaired) electrons. The number of nitrogens with two attached hydrogens (primary N) is 2. The Balaban J connectivity index is 2.59. The molecule has 0 unspecified atom stereocenters. The Morgan fingerprint density at radius 1 is 1.30 bits per heavy atom. The number of halogens is 2. The van der Waals surface area contributed by atoms with Gasteiger partial charge in [-0.2, -0.15) is 0 Å². The first-order valence-electron chi connectivity index (χ1n) is 5.27. The van der Waals surface area contributed by atoms with E-state index in [0.717, 1.165) is 12.1 Å². The molecule has 1 rings (SSSR count). The highest BCUT2D eigenvalue weighted by Crippen LogP contribution is 2.24. The zero-order valence-corrected chi connectivity index (χ0v) is 10.8. The molecule has 3 amide bonds. The number of hydrogen-bond acceptors (Lipinski definition) is 4. The second-order valence-electron chi connectivity index (χ2n) is 3.67. The molecule has 5 N–H and O–H groups in total. The molecule has 20 heavy (non-hydrogen) atoms. The molecule has 1 aromatic rings. The van der Waals surface area contributed by atoms with Crippen molar-refractivity contribution < 1.29 is 23.5 Å². The minimum atomic E-state index is -1.63. The van der Waals surface area contributed by atoms with Gasteiger partial charge in [-0.25, -0.2) is 4.39 Å². The van der Waals surface area contributed by atoms with Crippen molar-refractivity contribution in [3.8, 4) is 5.75 Å². The van der Waals surface area contributed by atoms with Crippen LogP contribution in [0.2, 0.25) is 5.02 Å². The first-order valence-corrected chi connectivity index (χ1v) is 5.65. The highest BCUT2D eigenvalue weighted by atomic mass is 35.5. The van der Waals surface area contributed by atoms with E-state index in [1.54, 1.807) is 0 Å². The number of carbonyl (C=O) groups is 3. The van der Waals surface area contributed by atoms with Gasteiger partial charge in [0, 0.05) is 0 Å². The van der Waals surface area contributed by atoms with E-state index in [4.69, 9.17) is 27.8 Å². The summed E-state index contributed by atoms with van der Waals surface area (Å²) in [4.78, 5) is 33.1. The summed E-state index contributed by atoms with van der Waals surface area (Å²) in [6.07, 6.45) is 0. The smallest absolute Gasteiger partial charge is 0.258 e. The van der Waals surface area contributed by atoms with Gasteiger partial charge in [0.25, 0.3) is 5.91 Å². The van der Waals surface area contributed by atoms with Crippen LogP contribution >= 0.6 is 11.6 Å². The monoisotopic (exact) mass is 303 g/mol. The molecule has 0 aliphatic rings. The second-order valence-corrected chi connectivity index (χ2v) is 4.08.